The van der Waals surface area contributed by atoms with E-state index in [4.69, 9.17) is 19.4 Å². The van der Waals surface area contributed by atoms with Crippen LogP contribution in [-0.2, 0) is 0 Å². The van der Waals surface area contributed by atoms with Crippen LogP contribution in [0.2, 0.25) is 0 Å². The smallest absolute Gasteiger partial charge is 0.238 e. The molecule has 11 aromatic rings. The van der Waals surface area contributed by atoms with Crippen molar-refractivity contribution >= 4 is 43.7 Å². The Morgan fingerprint density at radius 3 is 1.70 bits per heavy atom. The Morgan fingerprint density at radius 1 is 0.339 bits per heavy atom. The minimum absolute atomic E-state index is 0.553. The molecule has 262 valence electrons. The maximum atomic E-state index is 6.29. The predicted molar refractivity (Wildman–Crippen MR) is 229 cm³/mol. The van der Waals surface area contributed by atoms with Crippen molar-refractivity contribution in [3.8, 4) is 62.1 Å². The van der Waals surface area contributed by atoms with Gasteiger partial charge in [0.2, 0.25) is 5.95 Å². The molecule has 0 radical (unpaired) electrons. The van der Waals surface area contributed by atoms with Crippen molar-refractivity contribution in [2.45, 2.75) is 0 Å². The van der Waals surface area contributed by atoms with Gasteiger partial charge in [0.25, 0.3) is 0 Å². The monoisotopic (exact) mass is 716 g/mol. The van der Waals surface area contributed by atoms with Crippen LogP contribution in [0.3, 0.4) is 0 Å². The van der Waals surface area contributed by atoms with Gasteiger partial charge >= 0.3 is 0 Å². The fourth-order valence-corrected chi connectivity index (χ4v) is 8.00. The lowest BCUT2D eigenvalue weighted by Gasteiger charge is -2.12. The first-order valence-electron chi connectivity index (χ1n) is 18.8. The first kappa shape index (κ1) is 31.9. The molecule has 8 aromatic carbocycles. The topological polar surface area (TPSA) is 56.7 Å². The van der Waals surface area contributed by atoms with Gasteiger partial charge in [-0.05, 0) is 63.7 Å². The maximum absolute atomic E-state index is 6.29. The zero-order chi connectivity index (χ0) is 37.0. The van der Waals surface area contributed by atoms with E-state index in [2.05, 4.69) is 168 Å². The molecular formula is C51H32N4O. The molecule has 0 atom stereocenters. The average Bonchev–Trinajstić information content (AvgIpc) is 3.83. The molecule has 3 aromatic heterocycles. The largest absolute Gasteiger partial charge is 0.456 e. The molecule has 0 saturated heterocycles. The lowest BCUT2D eigenvalue weighted by atomic mass is 9.98. The molecule has 0 spiro atoms. The van der Waals surface area contributed by atoms with E-state index in [0.717, 1.165) is 88.3 Å². The Balaban J connectivity index is 1.14. The quantitative estimate of drug-likeness (QED) is 0.172. The summed E-state index contributed by atoms with van der Waals surface area (Å²) in [7, 11) is 0. The summed E-state index contributed by atoms with van der Waals surface area (Å²) >= 11 is 0. The van der Waals surface area contributed by atoms with Crippen LogP contribution in [0.4, 0.5) is 0 Å². The lowest BCUT2D eigenvalue weighted by molar-refractivity contribution is 0.669. The normalized spacial score (nSPS) is 11.6. The third kappa shape index (κ3) is 5.37. The van der Waals surface area contributed by atoms with Crippen molar-refractivity contribution in [1.29, 1.82) is 0 Å². The molecule has 0 aliphatic carbocycles. The molecule has 56 heavy (non-hydrogen) atoms. The van der Waals surface area contributed by atoms with Crippen molar-refractivity contribution in [1.82, 2.24) is 19.5 Å². The van der Waals surface area contributed by atoms with Crippen LogP contribution in [0, 0.1) is 0 Å². The number of fused-ring (bicyclic) bond motifs is 6. The van der Waals surface area contributed by atoms with E-state index in [1.807, 2.05) is 30.3 Å². The molecule has 3 heterocycles. The minimum atomic E-state index is 0.553. The van der Waals surface area contributed by atoms with Crippen molar-refractivity contribution in [2.75, 3.05) is 0 Å². The lowest BCUT2D eigenvalue weighted by Crippen LogP contribution is -2.06. The van der Waals surface area contributed by atoms with Gasteiger partial charge in [-0.1, -0.05) is 164 Å². The van der Waals surface area contributed by atoms with Crippen LogP contribution in [-0.4, -0.2) is 19.5 Å². The average molecular weight is 717 g/mol. The molecule has 5 nitrogen and oxygen atoms in total. The van der Waals surface area contributed by atoms with Gasteiger partial charge in [-0.3, -0.25) is 4.57 Å². The Labute approximate surface area is 322 Å². The summed E-state index contributed by atoms with van der Waals surface area (Å²) < 4.78 is 8.48. The summed E-state index contributed by atoms with van der Waals surface area (Å²) in [6.07, 6.45) is 0. The fourth-order valence-electron chi connectivity index (χ4n) is 8.00. The van der Waals surface area contributed by atoms with Gasteiger partial charge in [0, 0.05) is 32.7 Å². The van der Waals surface area contributed by atoms with Gasteiger partial charge in [-0.25, -0.2) is 4.98 Å². The van der Waals surface area contributed by atoms with Gasteiger partial charge in [-0.15, -0.1) is 0 Å². The second kappa shape index (κ2) is 13.0. The first-order valence-corrected chi connectivity index (χ1v) is 18.8. The van der Waals surface area contributed by atoms with Gasteiger partial charge < -0.3 is 4.42 Å². The molecule has 0 unspecified atom stereocenters. The summed E-state index contributed by atoms with van der Waals surface area (Å²) in [5.41, 5.74) is 12.3. The molecule has 0 aliphatic heterocycles. The van der Waals surface area contributed by atoms with Crippen LogP contribution >= 0.6 is 0 Å². The van der Waals surface area contributed by atoms with Crippen molar-refractivity contribution in [2.24, 2.45) is 0 Å². The van der Waals surface area contributed by atoms with Crippen LogP contribution < -0.4 is 0 Å². The summed E-state index contributed by atoms with van der Waals surface area (Å²) in [5, 5.41) is 4.45. The fraction of sp³-hybridized carbons (Fsp3) is 0. The number of benzene rings is 8. The highest BCUT2D eigenvalue weighted by molar-refractivity contribution is 6.14. The summed E-state index contributed by atoms with van der Waals surface area (Å²) in [5.74, 6) is 1.76. The standard InChI is InChI=1S/C51H32N4O/c1-3-13-33(14-4-1)35-25-27-36(28-26-35)49-52-50(39-18-11-17-37(31-39)34-15-5-2-6-16-34)54-51(53-49)55-44-22-9-7-19-41(44)42-30-29-38(32-45(42)55)40-21-12-24-47-48(40)43-20-8-10-23-46(43)56-47/h1-32H. The second-order valence-corrected chi connectivity index (χ2v) is 14.0. The Hall–Kier alpha value is -7.63. The number of nitrogens with zero attached hydrogens (tertiary/aromatic N) is 4. The number of rotatable bonds is 6. The molecule has 0 fully saturated rings. The minimum Gasteiger partial charge on any atom is -0.456 e. The molecule has 0 bridgehead atoms. The van der Waals surface area contributed by atoms with Gasteiger partial charge in [0.15, 0.2) is 11.6 Å². The van der Waals surface area contributed by atoms with E-state index < -0.39 is 0 Å². The number of hydrogen-bond acceptors (Lipinski definition) is 4. The van der Waals surface area contributed by atoms with Crippen LogP contribution in [0.15, 0.2) is 199 Å². The second-order valence-electron chi connectivity index (χ2n) is 14.0. The molecule has 0 N–H and O–H groups in total. The van der Waals surface area contributed by atoms with Crippen molar-refractivity contribution < 1.29 is 4.42 Å². The summed E-state index contributed by atoms with van der Waals surface area (Å²) in [4.78, 5) is 15.7. The van der Waals surface area contributed by atoms with Crippen LogP contribution in [0.25, 0.3) is 106 Å². The van der Waals surface area contributed by atoms with E-state index >= 15 is 0 Å². The van der Waals surface area contributed by atoms with Crippen LogP contribution in [0.1, 0.15) is 0 Å². The molecular weight excluding hydrogens is 685 g/mol. The highest BCUT2D eigenvalue weighted by atomic mass is 16.3. The third-order valence-electron chi connectivity index (χ3n) is 10.7. The molecule has 11 rings (SSSR count). The van der Waals surface area contributed by atoms with Crippen LogP contribution in [0.5, 0.6) is 0 Å². The number of aromatic nitrogens is 4. The SMILES string of the molecule is c1ccc(-c2ccc(-c3nc(-c4cccc(-c5ccccc5)c4)nc(-n4c5ccccc5c5ccc(-c6cccc7oc8ccccc8c67)cc54)n3)cc2)cc1. The summed E-state index contributed by atoms with van der Waals surface area (Å²) in [6, 6.07) is 67.4. The van der Waals surface area contributed by atoms with E-state index in [-0.39, 0.29) is 0 Å². The Bertz CT molecular complexity index is 3240. The van der Waals surface area contributed by atoms with E-state index in [0.29, 0.717) is 17.6 Å². The molecule has 5 heteroatoms. The Kier molecular flexibility index (Phi) is 7.42. The van der Waals surface area contributed by atoms with Gasteiger partial charge in [0.05, 0.1) is 11.0 Å². The predicted octanol–water partition coefficient (Wildman–Crippen LogP) is 13.2. The van der Waals surface area contributed by atoms with Gasteiger partial charge in [0.1, 0.15) is 11.2 Å². The number of para-hydroxylation sites is 2. The van der Waals surface area contributed by atoms with Crippen molar-refractivity contribution in [3.63, 3.8) is 0 Å². The highest BCUT2D eigenvalue weighted by Gasteiger charge is 2.20. The molecule has 0 amide bonds. The van der Waals surface area contributed by atoms with E-state index in [1.54, 1.807) is 0 Å². The zero-order valence-corrected chi connectivity index (χ0v) is 30.2. The highest BCUT2D eigenvalue weighted by Crippen LogP contribution is 2.40. The third-order valence-corrected chi connectivity index (χ3v) is 10.7. The first-order chi connectivity index (χ1) is 27.7. The van der Waals surface area contributed by atoms with E-state index in [9.17, 15) is 0 Å². The molecule has 0 aliphatic rings. The van der Waals surface area contributed by atoms with E-state index in [1.165, 1.54) is 0 Å². The zero-order valence-electron chi connectivity index (χ0n) is 30.2. The maximum Gasteiger partial charge on any atom is 0.238 e. The van der Waals surface area contributed by atoms with Gasteiger partial charge in [-0.2, -0.15) is 9.97 Å². The number of hydrogen-bond donors (Lipinski definition) is 0. The Morgan fingerprint density at radius 2 is 0.893 bits per heavy atom. The van der Waals surface area contributed by atoms with Crippen molar-refractivity contribution in [3.05, 3.63) is 194 Å². The summed E-state index contributed by atoms with van der Waals surface area (Å²) in [6.45, 7) is 0. The molecule has 0 saturated carbocycles. The number of furan rings is 1.